The molecule has 4 N–H and O–H groups in total. The van der Waals surface area contributed by atoms with Gasteiger partial charge in [0.15, 0.2) is 0 Å². The molecule has 0 radical (unpaired) electrons. The van der Waals surface area contributed by atoms with Gasteiger partial charge in [-0.15, -0.1) is 0 Å². The Labute approximate surface area is 75.1 Å². The summed E-state index contributed by atoms with van der Waals surface area (Å²) < 4.78 is 23.4. The maximum absolute atomic E-state index is 11.7. The van der Waals surface area contributed by atoms with Crippen molar-refractivity contribution in [1.82, 2.24) is 5.32 Å². The lowest BCUT2D eigenvalue weighted by Gasteiger charge is -2.11. The molecule has 4 nitrogen and oxygen atoms in total. The van der Waals surface area contributed by atoms with Crippen LogP contribution in [-0.4, -0.2) is 36.1 Å². The third-order valence-electron chi connectivity index (χ3n) is 1.31. The van der Waals surface area contributed by atoms with E-state index < -0.39 is 25.0 Å². The highest BCUT2D eigenvalue weighted by molar-refractivity contribution is 5.76. The SMILES string of the molecule is CC(N)CC(=O)NCC(O)C(F)F. The maximum Gasteiger partial charge on any atom is 0.265 e. The number of hydrogen-bond acceptors (Lipinski definition) is 3. The fourth-order valence-corrected chi connectivity index (χ4v) is 0.672. The van der Waals surface area contributed by atoms with Crippen LogP contribution in [0, 0.1) is 0 Å². The van der Waals surface area contributed by atoms with Crippen molar-refractivity contribution in [3.05, 3.63) is 0 Å². The van der Waals surface area contributed by atoms with Gasteiger partial charge in [0.2, 0.25) is 5.91 Å². The van der Waals surface area contributed by atoms with Crippen molar-refractivity contribution < 1.29 is 18.7 Å². The van der Waals surface area contributed by atoms with Gasteiger partial charge >= 0.3 is 0 Å². The Morgan fingerprint density at radius 3 is 2.54 bits per heavy atom. The Bertz CT molecular complexity index is 165. The van der Waals surface area contributed by atoms with E-state index in [1.54, 1.807) is 6.92 Å². The van der Waals surface area contributed by atoms with Crippen LogP contribution in [0.1, 0.15) is 13.3 Å². The Balaban J connectivity index is 3.58. The lowest BCUT2D eigenvalue weighted by molar-refractivity contribution is -0.122. The number of halogens is 2. The van der Waals surface area contributed by atoms with Crippen LogP contribution in [0.2, 0.25) is 0 Å². The van der Waals surface area contributed by atoms with E-state index in [1.807, 2.05) is 0 Å². The molecule has 0 bridgehead atoms. The molecule has 13 heavy (non-hydrogen) atoms. The third kappa shape index (κ3) is 6.41. The lowest BCUT2D eigenvalue weighted by Crippen LogP contribution is -2.37. The van der Waals surface area contributed by atoms with Gasteiger partial charge in [-0.2, -0.15) is 0 Å². The normalized spacial score (nSPS) is 15.5. The summed E-state index contributed by atoms with van der Waals surface area (Å²) in [5.41, 5.74) is 5.29. The minimum absolute atomic E-state index is 0.0654. The molecule has 0 rings (SSSR count). The monoisotopic (exact) mass is 196 g/mol. The van der Waals surface area contributed by atoms with E-state index in [4.69, 9.17) is 10.8 Å². The molecular formula is C7H14F2N2O2. The van der Waals surface area contributed by atoms with Crippen LogP contribution in [0.15, 0.2) is 0 Å². The summed E-state index contributed by atoms with van der Waals surface area (Å²) >= 11 is 0. The van der Waals surface area contributed by atoms with E-state index in [9.17, 15) is 13.6 Å². The maximum atomic E-state index is 11.7. The molecular weight excluding hydrogens is 182 g/mol. The summed E-state index contributed by atoms with van der Waals surface area (Å²) in [7, 11) is 0. The van der Waals surface area contributed by atoms with Crippen LogP contribution < -0.4 is 11.1 Å². The van der Waals surface area contributed by atoms with Crippen molar-refractivity contribution in [2.75, 3.05) is 6.54 Å². The molecule has 2 unspecified atom stereocenters. The molecule has 0 aliphatic carbocycles. The minimum atomic E-state index is -2.84. The average Bonchev–Trinajstić information content (AvgIpc) is 1.98. The number of alkyl halides is 2. The Hall–Kier alpha value is -0.750. The number of nitrogens with one attached hydrogen (secondary N) is 1. The second kappa shape index (κ2) is 5.82. The summed E-state index contributed by atoms with van der Waals surface area (Å²) in [5.74, 6) is -0.435. The number of amides is 1. The zero-order valence-corrected chi connectivity index (χ0v) is 7.34. The fourth-order valence-electron chi connectivity index (χ4n) is 0.672. The molecule has 2 atom stereocenters. The predicted octanol–water partition coefficient (Wildman–Crippen LogP) is -0.534. The molecule has 0 fully saturated rings. The number of hydrogen-bond donors (Lipinski definition) is 3. The number of aliphatic hydroxyl groups excluding tert-OH is 1. The largest absolute Gasteiger partial charge is 0.385 e. The minimum Gasteiger partial charge on any atom is -0.385 e. The molecule has 0 aliphatic rings. The van der Waals surface area contributed by atoms with Gasteiger partial charge in [0.1, 0.15) is 6.10 Å². The summed E-state index contributed by atoms with van der Waals surface area (Å²) in [6.07, 6.45) is -4.58. The summed E-state index contributed by atoms with van der Waals surface area (Å²) in [6, 6.07) is -0.316. The molecule has 0 saturated heterocycles. The van der Waals surface area contributed by atoms with E-state index in [1.165, 1.54) is 0 Å². The van der Waals surface area contributed by atoms with Gasteiger partial charge in [-0.3, -0.25) is 4.79 Å². The second-order valence-corrected chi connectivity index (χ2v) is 2.89. The Kier molecular flexibility index (Phi) is 5.48. The average molecular weight is 196 g/mol. The highest BCUT2D eigenvalue weighted by Gasteiger charge is 2.17. The first-order chi connectivity index (χ1) is 5.93. The van der Waals surface area contributed by atoms with Crippen LogP contribution in [-0.2, 0) is 4.79 Å². The first kappa shape index (κ1) is 12.2. The van der Waals surface area contributed by atoms with E-state index in [0.29, 0.717) is 0 Å². The molecule has 1 amide bonds. The Morgan fingerprint density at radius 1 is 1.62 bits per heavy atom. The van der Waals surface area contributed by atoms with Crippen molar-refractivity contribution in [2.24, 2.45) is 5.73 Å². The van der Waals surface area contributed by atoms with Gasteiger partial charge in [-0.25, -0.2) is 8.78 Å². The van der Waals surface area contributed by atoms with E-state index in [0.717, 1.165) is 0 Å². The summed E-state index contributed by atoms with van der Waals surface area (Å²) in [6.45, 7) is 1.19. The van der Waals surface area contributed by atoms with E-state index in [-0.39, 0.29) is 12.5 Å². The molecule has 0 spiro atoms. The smallest absolute Gasteiger partial charge is 0.265 e. The number of carbonyl (C=O) groups is 1. The van der Waals surface area contributed by atoms with Crippen LogP contribution in [0.5, 0.6) is 0 Å². The molecule has 6 heteroatoms. The van der Waals surface area contributed by atoms with Crippen molar-refractivity contribution >= 4 is 5.91 Å². The highest BCUT2D eigenvalue weighted by Crippen LogP contribution is 1.98. The molecule has 78 valence electrons. The highest BCUT2D eigenvalue weighted by atomic mass is 19.3. The third-order valence-corrected chi connectivity index (χ3v) is 1.31. The summed E-state index contributed by atoms with van der Waals surface area (Å²) in [5, 5.41) is 10.8. The number of carbonyl (C=O) groups excluding carboxylic acids is 1. The van der Waals surface area contributed by atoms with Crippen LogP contribution in [0.3, 0.4) is 0 Å². The second-order valence-electron chi connectivity index (χ2n) is 2.89. The quantitative estimate of drug-likeness (QED) is 0.553. The molecule has 0 saturated carbocycles. The fraction of sp³-hybridized carbons (Fsp3) is 0.857. The van der Waals surface area contributed by atoms with E-state index >= 15 is 0 Å². The molecule has 0 aromatic heterocycles. The van der Waals surface area contributed by atoms with Crippen LogP contribution in [0.4, 0.5) is 8.78 Å². The van der Waals surface area contributed by atoms with Crippen molar-refractivity contribution in [2.45, 2.75) is 31.9 Å². The van der Waals surface area contributed by atoms with Gasteiger partial charge in [0, 0.05) is 19.0 Å². The van der Waals surface area contributed by atoms with Gasteiger partial charge in [0.05, 0.1) is 0 Å². The molecule has 0 aromatic carbocycles. The standard InChI is InChI=1S/C7H14F2N2O2/c1-4(10)2-6(13)11-3-5(12)7(8)9/h4-5,7,12H,2-3,10H2,1H3,(H,11,13). The molecule has 0 aromatic rings. The predicted molar refractivity (Wildman–Crippen MR) is 43.3 cm³/mol. The van der Waals surface area contributed by atoms with Gasteiger partial charge < -0.3 is 16.2 Å². The number of rotatable bonds is 5. The van der Waals surface area contributed by atoms with Crippen molar-refractivity contribution in [3.63, 3.8) is 0 Å². The molecule has 0 aliphatic heterocycles. The summed E-state index contributed by atoms with van der Waals surface area (Å²) in [4.78, 5) is 10.8. The number of aliphatic hydroxyl groups is 1. The zero-order chi connectivity index (χ0) is 10.4. The van der Waals surface area contributed by atoms with E-state index in [2.05, 4.69) is 5.32 Å². The molecule has 0 heterocycles. The topological polar surface area (TPSA) is 75.4 Å². The lowest BCUT2D eigenvalue weighted by atomic mass is 10.2. The first-order valence-corrected chi connectivity index (χ1v) is 3.92. The van der Waals surface area contributed by atoms with Crippen LogP contribution in [0.25, 0.3) is 0 Å². The Morgan fingerprint density at radius 2 is 2.15 bits per heavy atom. The van der Waals surface area contributed by atoms with Gasteiger partial charge in [-0.1, -0.05) is 0 Å². The zero-order valence-electron chi connectivity index (χ0n) is 7.34. The van der Waals surface area contributed by atoms with Crippen molar-refractivity contribution in [3.8, 4) is 0 Å². The number of nitrogens with two attached hydrogens (primary N) is 1. The van der Waals surface area contributed by atoms with Crippen molar-refractivity contribution in [1.29, 1.82) is 0 Å². The van der Waals surface area contributed by atoms with Gasteiger partial charge in [0.25, 0.3) is 6.43 Å². The van der Waals surface area contributed by atoms with Crippen LogP contribution >= 0.6 is 0 Å². The first-order valence-electron chi connectivity index (χ1n) is 3.92. The van der Waals surface area contributed by atoms with Gasteiger partial charge in [-0.05, 0) is 6.92 Å².